The SMILES string of the molecule is Cc1c(Br)cccc1Nc1nccc2cc(CN3CCCC3)cnc12. The molecule has 2 aromatic heterocycles. The van der Waals surface area contributed by atoms with Gasteiger partial charge in [0.25, 0.3) is 0 Å². The first kappa shape index (κ1) is 16.5. The highest BCUT2D eigenvalue weighted by Gasteiger charge is 2.13. The molecule has 1 saturated heterocycles. The van der Waals surface area contributed by atoms with Crippen LogP contribution in [0.2, 0.25) is 0 Å². The van der Waals surface area contributed by atoms with E-state index in [1.165, 1.54) is 31.5 Å². The van der Waals surface area contributed by atoms with Crippen LogP contribution in [-0.4, -0.2) is 28.0 Å². The number of benzene rings is 1. The zero-order valence-electron chi connectivity index (χ0n) is 14.3. The van der Waals surface area contributed by atoms with Crippen molar-refractivity contribution in [3.05, 3.63) is 58.3 Å². The molecule has 1 aliphatic heterocycles. The third-order valence-electron chi connectivity index (χ3n) is 4.78. The number of fused-ring (bicyclic) bond motifs is 1. The summed E-state index contributed by atoms with van der Waals surface area (Å²) in [5.41, 5.74) is 4.38. The van der Waals surface area contributed by atoms with Gasteiger partial charge in [0.05, 0.1) is 0 Å². The van der Waals surface area contributed by atoms with Crippen LogP contribution in [0.4, 0.5) is 11.5 Å². The summed E-state index contributed by atoms with van der Waals surface area (Å²) in [7, 11) is 0. The largest absolute Gasteiger partial charge is 0.338 e. The number of hydrogen-bond acceptors (Lipinski definition) is 4. The first-order valence-corrected chi connectivity index (χ1v) is 9.48. The fraction of sp³-hybridized carbons (Fsp3) is 0.300. The van der Waals surface area contributed by atoms with Gasteiger partial charge in [0.1, 0.15) is 5.52 Å². The molecule has 0 bridgehead atoms. The molecule has 0 saturated carbocycles. The second kappa shape index (κ2) is 7.10. The van der Waals surface area contributed by atoms with Gasteiger partial charge in [-0.25, -0.2) is 4.98 Å². The number of anilines is 2. The monoisotopic (exact) mass is 396 g/mol. The summed E-state index contributed by atoms with van der Waals surface area (Å²) in [5, 5.41) is 4.56. The summed E-state index contributed by atoms with van der Waals surface area (Å²) in [6, 6.07) is 10.4. The summed E-state index contributed by atoms with van der Waals surface area (Å²) in [6.07, 6.45) is 6.45. The van der Waals surface area contributed by atoms with E-state index in [4.69, 9.17) is 4.98 Å². The number of rotatable bonds is 4. The van der Waals surface area contributed by atoms with Crippen molar-refractivity contribution in [3.63, 3.8) is 0 Å². The van der Waals surface area contributed by atoms with Gasteiger partial charge in [-0.3, -0.25) is 9.88 Å². The Labute approximate surface area is 156 Å². The zero-order chi connectivity index (χ0) is 17.2. The Bertz CT molecular complexity index is 903. The molecule has 0 radical (unpaired) electrons. The minimum Gasteiger partial charge on any atom is -0.338 e. The Morgan fingerprint density at radius 2 is 2.00 bits per heavy atom. The van der Waals surface area contributed by atoms with Crippen LogP contribution in [0.1, 0.15) is 24.0 Å². The van der Waals surface area contributed by atoms with Gasteiger partial charge in [0.2, 0.25) is 0 Å². The van der Waals surface area contributed by atoms with E-state index in [0.29, 0.717) is 0 Å². The molecule has 1 N–H and O–H groups in total. The number of likely N-dealkylation sites (tertiary alicyclic amines) is 1. The quantitative estimate of drug-likeness (QED) is 0.670. The highest BCUT2D eigenvalue weighted by atomic mass is 79.9. The molecule has 4 rings (SSSR count). The van der Waals surface area contributed by atoms with Crippen LogP contribution in [0, 0.1) is 6.92 Å². The van der Waals surface area contributed by atoms with Crippen molar-refractivity contribution in [2.75, 3.05) is 18.4 Å². The number of pyridine rings is 2. The van der Waals surface area contributed by atoms with Crippen LogP contribution < -0.4 is 5.32 Å². The molecule has 0 spiro atoms. The van der Waals surface area contributed by atoms with Crippen LogP contribution in [-0.2, 0) is 6.54 Å². The number of nitrogens with one attached hydrogen (secondary N) is 1. The maximum atomic E-state index is 4.71. The first-order valence-electron chi connectivity index (χ1n) is 8.69. The Morgan fingerprint density at radius 1 is 1.16 bits per heavy atom. The average molecular weight is 397 g/mol. The van der Waals surface area contributed by atoms with Crippen molar-refractivity contribution in [2.24, 2.45) is 0 Å². The molecule has 0 atom stereocenters. The fourth-order valence-electron chi connectivity index (χ4n) is 3.35. The van der Waals surface area contributed by atoms with E-state index >= 15 is 0 Å². The maximum absolute atomic E-state index is 4.71. The fourth-order valence-corrected chi connectivity index (χ4v) is 3.72. The lowest BCUT2D eigenvalue weighted by Gasteiger charge is -2.15. The first-order chi connectivity index (χ1) is 12.2. The zero-order valence-corrected chi connectivity index (χ0v) is 15.9. The van der Waals surface area contributed by atoms with E-state index < -0.39 is 0 Å². The smallest absolute Gasteiger partial charge is 0.156 e. The summed E-state index contributed by atoms with van der Waals surface area (Å²) in [4.78, 5) is 11.7. The van der Waals surface area contributed by atoms with Gasteiger partial charge in [-0.05, 0) is 68.2 Å². The molecule has 128 valence electrons. The number of hydrogen-bond donors (Lipinski definition) is 1. The molecule has 4 nitrogen and oxygen atoms in total. The summed E-state index contributed by atoms with van der Waals surface area (Å²) in [5.74, 6) is 0.798. The molecular formula is C20H21BrN4. The molecular weight excluding hydrogens is 376 g/mol. The molecule has 25 heavy (non-hydrogen) atoms. The van der Waals surface area contributed by atoms with Crippen molar-refractivity contribution in [3.8, 4) is 0 Å². The van der Waals surface area contributed by atoms with Crippen LogP contribution in [0.3, 0.4) is 0 Å². The third kappa shape index (κ3) is 3.53. The lowest BCUT2D eigenvalue weighted by Crippen LogP contribution is -2.18. The van der Waals surface area contributed by atoms with Crippen LogP contribution >= 0.6 is 15.9 Å². The van der Waals surface area contributed by atoms with E-state index in [9.17, 15) is 0 Å². The summed E-state index contributed by atoms with van der Waals surface area (Å²) < 4.78 is 1.08. The van der Waals surface area contributed by atoms with Crippen LogP contribution in [0.15, 0.2) is 47.2 Å². The molecule has 3 heterocycles. The third-order valence-corrected chi connectivity index (χ3v) is 5.64. The van der Waals surface area contributed by atoms with Crippen molar-refractivity contribution >= 4 is 38.3 Å². The molecule has 1 aromatic carbocycles. The van der Waals surface area contributed by atoms with Gasteiger partial charge >= 0.3 is 0 Å². The van der Waals surface area contributed by atoms with Gasteiger partial charge in [-0.15, -0.1) is 0 Å². The molecule has 1 fully saturated rings. The standard InChI is InChI=1S/C20H21BrN4/c1-14-17(21)5-4-6-18(14)24-20-19-16(7-8-22-20)11-15(12-23-19)13-25-9-2-3-10-25/h4-8,11-12H,2-3,9-10,13H2,1H3,(H,22,24). The molecule has 1 aliphatic rings. The molecule has 0 amide bonds. The Morgan fingerprint density at radius 3 is 2.84 bits per heavy atom. The van der Waals surface area contributed by atoms with E-state index in [2.05, 4.69) is 50.2 Å². The summed E-state index contributed by atoms with van der Waals surface area (Å²) >= 11 is 3.58. The van der Waals surface area contributed by atoms with Gasteiger partial charge in [0, 0.05) is 34.5 Å². The molecule has 0 aliphatic carbocycles. The van der Waals surface area contributed by atoms with Gasteiger partial charge in [-0.2, -0.15) is 0 Å². The van der Waals surface area contributed by atoms with Crippen LogP contribution in [0.5, 0.6) is 0 Å². The second-order valence-electron chi connectivity index (χ2n) is 6.60. The van der Waals surface area contributed by atoms with E-state index in [0.717, 1.165) is 39.0 Å². The van der Waals surface area contributed by atoms with Gasteiger partial charge < -0.3 is 5.32 Å². The normalized spacial score (nSPS) is 15.0. The van der Waals surface area contributed by atoms with Crippen molar-refractivity contribution < 1.29 is 0 Å². The molecule has 0 unspecified atom stereocenters. The van der Waals surface area contributed by atoms with Crippen molar-refractivity contribution in [2.45, 2.75) is 26.3 Å². The van der Waals surface area contributed by atoms with E-state index in [-0.39, 0.29) is 0 Å². The van der Waals surface area contributed by atoms with E-state index in [1.54, 1.807) is 0 Å². The van der Waals surface area contributed by atoms with Crippen molar-refractivity contribution in [1.82, 2.24) is 14.9 Å². The predicted octanol–water partition coefficient (Wildman–Crippen LogP) is 5.04. The Kier molecular flexibility index (Phi) is 4.68. The average Bonchev–Trinajstić information content (AvgIpc) is 3.12. The number of nitrogens with zero attached hydrogens (tertiary/aromatic N) is 3. The predicted molar refractivity (Wildman–Crippen MR) is 106 cm³/mol. The highest BCUT2D eigenvalue weighted by molar-refractivity contribution is 9.10. The minimum atomic E-state index is 0.798. The maximum Gasteiger partial charge on any atom is 0.156 e. The van der Waals surface area contributed by atoms with Crippen LogP contribution in [0.25, 0.3) is 10.9 Å². The van der Waals surface area contributed by atoms with Crippen molar-refractivity contribution in [1.29, 1.82) is 0 Å². The lowest BCUT2D eigenvalue weighted by molar-refractivity contribution is 0.331. The second-order valence-corrected chi connectivity index (χ2v) is 7.45. The topological polar surface area (TPSA) is 41.1 Å². The molecule has 3 aromatic rings. The minimum absolute atomic E-state index is 0.798. The Balaban J connectivity index is 1.64. The number of aromatic nitrogens is 2. The van der Waals surface area contributed by atoms with E-state index in [1.807, 2.05) is 30.6 Å². The summed E-state index contributed by atoms with van der Waals surface area (Å²) in [6.45, 7) is 5.46. The lowest BCUT2D eigenvalue weighted by atomic mass is 10.1. The molecule has 5 heteroatoms. The number of halogens is 1. The highest BCUT2D eigenvalue weighted by Crippen LogP contribution is 2.28. The Hall–Kier alpha value is -1.98. The van der Waals surface area contributed by atoms with Gasteiger partial charge in [-0.1, -0.05) is 22.0 Å². The van der Waals surface area contributed by atoms with Gasteiger partial charge in [0.15, 0.2) is 5.82 Å².